The zero-order valence-corrected chi connectivity index (χ0v) is 10.8. The number of likely N-dealkylation sites (N-methyl/N-ethyl adjacent to an activating group) is 1. The van der Waals surface area contributed by atoms with Crippen molar-refractivity contribution in [3.63, 3.8) is 0 Å². The first kappa shape index (κ1) is 14.3. The largest absolute Gasteiger partial charge is 0.492 e. The van der Waals surface area contributed by atoms with E-state index in [0.29, 0.717) is 6.61 Å². The van der Waals surface area contributed by atoms with E-state index >= 15 is 0 Å². The summed E-state index contributed by atoms with van der Waals surface area (Å²) in [7, 11) is 2.04. The van der Waals surface area contributed by atoms with Crippen LogP contribution in [0.5, 0.6) is 5.75 Å². The molecule has 0 aliphatic carbocycles. The quantitative estimate of drug-likeness (QED) is 0.752. The van der Waals surface area contributed by atoms with Gasteiger partial charge < -0.3 is 14.7 Å². The summed E-state index contributed by atoms with van der Waals surface area (Å²) in [5.41, 5.74) is 0.818. The van der Waals surface area contributed by atoms with Crippen LogP contribution in [-0.2, 0) is 4.79 Å². The van der Waals surface area contributed by atoms with Crippen LogP contribution in [0.4, 0.5) is 0 Å². The van der Waals surface area contributed by atoms with Crippen LogP contribution in [-0.4, -0.2) is 42.7 Å². The average molecular weight is 249 g/mol. The summed E-state index contributed by atoms with van der Waals surface area (Å²) in [5.74, 6) is -0.196. The van der Waals surface area contributed by atoms with Gasteiger partial charge in [-0.25, -0.2) is 4.79 Å². The fourth-order valence-electron chi connectivity index (χ4n) is 1.35. The molecule has 0 spiro atoms. The summed E-state index contributed by atoms with van der Waals surface area (Å²) in [6, 6.07) is 7.38. The second-order valence-electron chi connectivity index (χ2n) is 3.99. The van der Waals surface area contributed by atoms with Crippen molar-refractivity contribution >= 4 is 12.0 Å². The standard InChI is InChI=1S/C14H19NO3/c1-3-15(2)9-10-18-13-6-4-5-12(11-13)7-8-14(16)17/h4-8,11H,3,9-10H2,1-2H3,(H,16,17)/b8-7+. The molecule has 1 N–H and O–H groups in total. The molecular formula is C14H19NO3. The van der Waals surface area contributed by atoms with Gasteiger partial charge >= 0.3 is 5.97 Å². The van der Waals surface area contributed by atoms with Crippen LogP contribution in [0.1, 0.15) is 12.5 Å². The zero-order chi connectivity index (χ0) is 13.4. The SMILES string of the molecule is CCN(C)CCOc1cccc(/C=C/C(=O)O)c1. The number of ether oxygens (including phenoxy) is 1. The van der Waals surface area contributed by atoms with Crippen LogP contribution in [0.25, 0.3) is 6.08 Å². The van der Waals surface area contributed by atoms with E-state index in [1.807, 2.05) is 31.3 Å². The molecule has 0 saturated heterocycles. The monoisotopic (exact) mass is 249 g/mol. The second kappa shape index (κ2) is 7.50. The van der Waals surface area contributed by atoms with E-state index in [0.717, 1.165) is 30.5 Å². The number of aliphatic carboxylic acids is 1. The summed E-state index contributed by atoms with van der Waals surface area (Å²) < 4.78 is 5.60. The summed E-state index contributed by atoms with van der Waals surface area (Å²) in [5, 5.41) is 8.55. The Kier molecular flexibility index (Phi) is 5.94. The molecule has 18 heavy (non-hydrogen) atoms. The van der Waals surface area contributed by atoms with E-state index in [2.05, 4.69) is 11.8 Å². The summed E-state index contributed by atoms with van der Waals surface area (Å²) in [6.45, 7) is 4.57. The van der Waals surface area contributed by atoms with Gasteiger partial charge in [0.2, 0.25) is 0 Å². The van der Waals surface area contributed by atoms with Crippen LogP contribution < -0.4 is 4.74 Å². The molecule has 0 aliphatic heterocycles. The van der Waals surface area contributed by atoms with E-state index in [9.17, 15) is 4.79 Å². The van der Waals surface area contributed by atoms with Crippen molar-refractivity contribution in [2.24, 2.45) is 0 Å². The number of carboxylic acids is 1. The average Bonchev–Trinajstić information content (AvgIpc) is 2.36. The Bertz CT molecular complexity index is 415. The molecule has 1 aromatic carbocycles. The van der Waals surface area contributed by atoms with Gasteiger partial charge in [0.25, 0.3) is 0 Å². The molecule has 0 bridgehead atoms. The molecule has 0 unspecified atom stereocenters. The van der Waals surface area contributed by atoms with Gasteiger partial charge in [-0.3, -0.25) is 0 Å². The van der Waals surface area contributed by atoms with Crippen LogP contribution >= 0.6 is 0 Å². The highest BCUT2D eigenvalue weighted by atomic mass is 16.5. The van der Waals surface area contributed by atoms with Crippen molar-refractivity contribution in [2.75, 3.05) is 26.7 Å². The van der Waals surface area contributed by atoms with Crippen LogP contribution in [0.15, 0.2) is 30.3 Å². The lowest BCUT2D eigenvalue weighted by Gasteiger charge is -2.14. The minimum atomic E-state index is -0.953. The Hall–Kier alpha value is -1.81. The van der Waals surface area contributed by atoms with E-state index in [1.165, 1.54) is 0 Å². The fourth-order valence-corrected chi connectivity index (χ4v) is 1.35. The normalized spacial score (nSPS) is 11.1. The topological polar surface area (TPSA) is 49.8 Å². The van der Waals surface area contributed by atoms with Gasteiger partial charge in [-0.15, -0.1) is 0 Å². The molecule has 4 heteroatoms. The lowest BCUT2D eigenvalue weighted by molar-refractivity contribution is -0.131. The molecule has 0 aromatic heterocycles. The maximum atomic E-state index is 10.4. The lowest BCUT2D eigenvalue weighted by atomic mass is 10.2. The Morgan fingerprint density at radius 1 is 1.50 bits per heavy atom. The maximum absolute atomic E-state index is 10.4. The highest BCUT2D eigenvalue weighted by Gasteiger charge is 1.97. The number of nitrogens with zero attached hydrogens (tertiary/aromatic N) is 1. The van der Waals surface area contributed by atoms with Gasteiger partial charge in [0.05, 0.1) is 0 Å². The zero-order valence-electron chi connectivity index (χ0n) is 10.8. The van der Waals surface area contributed by atoms with E-state index in [1.54, 1.807) is 6.08 Å². The van der Waals surface area contributed by atoms with Crippen LogP contribution in [0.3, 0.4) is 0 Å². The molecule has 0 aliphatic rings. The number of hydrogen-bond donors (Lipinski definition) is 1. The van der Waals surface area contributed by atoms with Crippen molar-refractivity contribution in [1.82, 2.24) is 4.90 Å². The first-order valence-electron chi connectivity index (χ1n) is 5.94. The highest BCUT2D eigenvalue weighted by molar-refractivity contribution is 5.85. The third-order valence-electron chi connectivity index (χ3n) is 2.56. The molecule has 0 heterocycles. The molecule has 1 aromatic rings. The number of rotatable bonds is 7. The van der Waals surface area contributed by atoms with Crippen molar-refractivity contribution in [1.29, 1.82) is 0 Å². The minimum absolute atomic E-state index is 0.621. The predicted octanol–water partition coefficient (Wildman–Crippen LogP) is 2.11. The highest BCUT2D eigenvalue weighted by Crippen LogP contribution is 2.14. The van der Waals surface area contributed by atoms with Gasteiger partial charge in [0, 0.05) is 12.6 Å². The van der Waals surface area contributed by atoms with Crippen LogP contribution in [0.2, 0.25) is 0 Å². The second-order valence-corrected chi connectivity index (χ2v) is 3.99. The molecule has 0 saturated carbocycles. The Morgan fingerprint density at radius 3 is 2.94 bits per heavy atom. The molecule has 98 valence electrons. The smallest absolute Gasteiger partial charge is 0.328 e. The first-order chi connectivity index (χ1) is 8.61. The van der Waals surface area contributed by atoms with Crippen molar-refractivity contribution < 1.29 is 14.6 Å². The summed E-state index contributed by atoms with van der Waals surface area (Å²) in [4.78, 5) is 12.6. The van der Waals surface area contributed by atoms with Crippen molar-refractivity contribution in [2.45, 2.75) is 6.92 Å². The predicted molar refractivity (Wildman–Crippen MR) is 71.8 cm³/mol. The number of carbonyl (C=O) groups is 1. The molecule has 1 rings (SSSR count). The number of carboxylic acid groups (broad SMARTS) is 1. The molecule has 0 radical (unpaired) electrons. The summed E-state index contributed by atoms with van der Waals surface area (Å²) >= 11 is 0. The molecule has 0 fully saturated rings. The molecular weight excluding hydrogens is 230 g/mol. The fraction of sp³-hybridized carbons (Fsp3) is 0.357. The Balaban J connectivity index is 2.51. The summed E-state index contributed by atoms with van der Waals surface area (Å²) in [6.07, 6.45) is 2.66. The number of hydrogen-bond acceptors (Lipinski definition) is 3. The third-order valence-corrected chi connectivity index (χ3v) is 2.56. The van der Waals surface area contributed by atoms with Gasteiger partial charge in [0.15, 0.2) is 0 Å². The Morgan fingerprint density at radius 2 is 2.28 bits per heavy atom. The Labute approximate surface area is 107 Å². The van der Waals surface area contributed by atoms with Gasteiger partial charge in [-0.05, 0) is 37.4 Å². The maximum Gasteiger partial charge on any atom is 0.328 e. The third kappa shape index (κ3) is 5.50. The van der Waals surface area contributed by atoms with Gasteiger partial charge in [0.1, 0.15) is 12.4 Å². The van der Waals surface area contributed by atoms with Gasteiger partial charge in [-0.1, -0.05) is 19.1 Å². The molecule has 4 nitrogen and oxygen atoms in total. The lowest BCUT2D eigenvalue weighted by Crippen LogP contribution is -2.23. The van der Waals surface area contributed by atoms with Crippen molar-refractivity contribution in [3.8, 4) is 5.75 Å². The van der Waals surface area contributed by atoms with Crippen molar-refractivity contribution in [3.05, 3.63) is 35.9 Å². The van der Waals surface area contributed by atoms with Crippen LogP contribution in [0, 0.1) is 0 Å². The van der Waals surface area contributed by atoms with E-state index in [-0.39, 0.29) is 0 Å². The van der Waals surface area contributed by atoms with E-state index in [4.69, 9.17) is 9.84 Å². The number of benzene rings is 1. The molecule has 0 amide bonds. The molecule has 0 atom stereocenters. The first-order valence-corrected chi connectivity index (χ1v) is 5.94. The minimum Gasteiger partial charge on any atom is -0.492 e. The van der Waals surface area contributed by atoms with Gasteiger partial charge in [-0.2, -0.15) is 0 Å². The van der Waals surface area contributed by atoms with E-state index < -0.39 is 5.97 Å².